The average molecular weight is 297 g/mol. The van der Waals surface area contributed by atoms with Crippen LogP contribution in [0.3, 0.4) is 0 Å². The molecule has 1 amide bonds. The summed E-state index contributed by atoms with van der Waals surface area (Å²) < 4.78 is 5.40. The molecule has 0 radical (unpaired) electrons. The second kappa shape index (κ2) is 6.25. The van der Waals surface area contributed by atoms with Crippen LogP contribution in [0.25, 0.3) is 0 Å². The number of ether oxygens (including phenoxy) is 1. The molecule has 1 saturated carbocycles. The molecule has 2 unspecified atom stereocenters. The topological polar surface area (TPSA) is 58.6 Å². The number of hydrogen-bond acceptors (Lipinski definition) is 3. The highest BCUT2D eigenvalue weighted by molar-refractivity contribution is 5.78. The lowest BCUT2D eigenvalue weighted by atomic mass is 9.69. The molecule has 122 valence electrons. The summed E-state index contributed by atoms with van der Waals surface area (Å²) >= 11 is 0. The van der Waals surface area contributed by atoms with Gasteiger partial charge in [0.2, 0.25) is 5.91 Å². The Labute approximate surface area is 128 Å². The molecule has 1 aliphatic heterocycles. The van der Waals surface area contributed by atoms with Gasteiger partial charge in [-0.1, -0.05) is 20.8 Å². The summed E-state index contributed by atoms with van der Waals surface area (Å²) in [5.41, 5.74) is -0.550. The summed E-state index contributed by atoms with van der Waals surface area (Å²) in [6, 6.07) is 0. The highest BCUT2D eigenvalue weighted by Crippen LogP contribution is 2.39. The maximum absolute atomic E-state index is 12.3. The zero-order valence-corrected chi connectivity index (χ0v) is 13.9. The lowest BCUT2D eigenvalue weighted by Crippen LogP contribution is -2.49. The molecule has 0 bridgehead atoms. The van der Waals surface area contributed by atoms with Crippen molar-refractivity contribution in [2.45, 2.75) is 71.5 Å². The van der Waals surface area contributed by atoms with E-state index in [-0.39, 0.29) is 17.9 Å². The minimum absolute atomic E-state index is 0.106. The van der Waals surface area contributed by atoms with E-state index in [0.29, 0.717) is 30.9 Å². The molecule has 4 nitrogen and oxygen atoms in total. The van der Waals surface area contributed by atoms with E-state index in [0.717, 1.165) is 25.7 Å². The number of aliphatic hydroxyl groups is 1. The highest BCUT2D eigenvalue weighted by Gasteiger charge is 2.40. The first-order valence-electron chi connectivity index (χ1n) is 8.34. The first-order valence-corrected chi connectivity index (χ1v) is 8.34. The Balaban J connectivity index is 1.78. The maximum atomic E-state index is 12.3. The summed E-state index contributed by atoms with van der Waals surface area (Å²) in [6.45, 7) is 9.61. The molecular formula is C17H31NO3. The summed E-state index contributed by atoms with van der Waals surface area (Å²) in [5.74, 6) is 0.939. The molecule has 0 aromatic rings. The van der Waals surface area contributed by atoms with Gasteiger partial charge in [0.05, 0.1) is 6.10 Å². The van der Waals surface area contributed by atoms with Crippen molar-refractivity contribution in [3.63, 3.8) is 0 Å². The lowest BCUT2D eigenvalue weighted by Gasteiger charge is -2.36. The van der Waals surface area contributed by atoms with Crippen LogP contribution in [0.4, 0.5) is 0 Å². The number of carbonyl (C=O) groups is 1. The number of nitrogens with one attached hydrogen (secondary N) is 1. The summed E-state index contributed by atoms with van der Waals surface area (Å²) in [6.07, 6.45) is 4.60. The lowest BCUT2D eigenvalue weighted by molar-refractivity contribution is -0.128. The molecule has 2 atom stereocenters. The molecule has 1 saturated heterocycles. The zero-order valence-electron chi connectivity index (χ0n) is 13.9. The smallest absolute Gasteiger partial charge is 0.223 e. The van der Waals surface area contributed by atoms with Crippen LogP contribution in [0, 0.1) is 17.3 Å². The predicted octanol–water partition coefficient (Wildman–Crippen LogP) is 2.50. The number of amides is 1. The molecule has 0 spiro atoms. The Morgan fingerprint density at radius 2 is 1.90 bits per heavy atom. The number of carbonyl (C=O) groups excluding carboxylic acids is 1. The Hall–Kier alpha value is -0.610. The van der Waals surface area contributed by atoms with E-state index < -0.39 is 5.60 Å². The first-order chi connectivity index (χ1) is 9.72. The highest BCUT2D eigenvalue weighted by atomic mass is 16.5. The molecule has 2 aliphatic rings. The van der Waals surface area contributed by atoms with Crippen molar-refractivity contribution in [2.24, 2.45) is 17.3 Å². The van der Waals surface area contributed by atoms with E-state index >= 15 is 0 Å². The maximum Gasteiger partial charge on any atom is 0.223 e. The summed E-state index contributed by atoms with van der Waals surface area (Å²) in [5, 5.41) is 13.4. The van der Waals surface area contributed by atoms with Crippen molar-refractivity contribution in [3.05, 3.63) is 0 Å². The second-order valence-corrected chi connectivity index (χ2v) is 8.00. The fourth-order valence-corrected chi connectivity index (χ4v) is 3.61. The Bertz CT molecular complexity index is 369. The SMILES string of the molecule is CC1OCCC1(O)CNC(=O)C1CCC(C(C)(C)C)CC1. The van der Waals surface area contributed by atoms with E-state index in [1.165, 1.54) is 0 Å². The molecule has 2 rings (SSSR count). The minimum Gasteiger partial charge on any atom is -0.385 e. The van der Waals surface area contributed by atoms with Gasteiger partial charge in [-0.25, -0.2) is 0 Å². The van der Waals surface area contributed by atoms with Crippen LogP contribution in [0.1, 0.15) is 59.8 Å². The normalized spacial score (nSPS) is 37.5. The van der Waals surface area contributed by atoms with Gasteiger partial charge in [0.1, 0.15) is 5.60 Å². The molecule has 2 fully saturated rings. The van der Waals surface area contributed by atoms with Crippen LogP contribution >= 0.6 is 0 Å². The molecule has 0 aromatic carbocycles. The van der Waals surface area contributed by atoms with Crippen molar-refractivity contribution in [2.75, 3.05) is 13.2 Å². The molecule has 0 aromatic heterocycles. The fourth-order valence-electron chi connectivity index (χ4n) is 3.61. The summed E-state index contributed by atoms with van der Waals surface area (Å²) in [4.78, 5) is 12.3. The van der Waals surface area contributed by atoms with Crippen LogP contribution in [0.5, 0.6) is 0 Å². The van der Waals surface area contributed by atoms with Gasteiger partial charge in [-0.2, -0.15) is 0 Å². The monoisotopic (exact) mass is 297 g/mol. The minimum atomic E-state index is -0.891. The number of hydrogen-bond donors (Lipinski definition) is 2. The van der Waals surface area contributed by atoms with Gasteiger partial charge in [-0.15, -0.1) is 0 Å². The zero-order chi connectivity index (χ0) is 15.7. The predicted molar refractivity (Wildman–Crippen MR) is 82.9 cm³/mol. The van der Waals surface area contributed by atoms with Crippen molar-refractivity contribution in [1.29, 1.82) is 0 Å². The third-order valence-electron chi connectivity index (χ3n) is 5.55. The quantitative estimate of drug-likeness (QED) is 0.841. The van der Waals surface area contributed by atoms with Crippen molar-refractivity contribution >= 4 is 5.91 Å². The molecule has 21 heavy (non-hydrogen) atoms. The molecular weight excluding hydrogens is 266 g/mol. The Morgan fingerprint density at radius 1 is 1.29 bits per heavy atom. The molecule has 1 aliphatic carbocycles. The van der Waals surface area contributed by atoms with Crippen molar-refractivity contribution < 1.29 is 14.6 Å². The third kappa shape index (κ3) is 3.98. The van der Waals surface area contributed by atoms with E-state index in [1.54, 1.807) is 0 Å². The van der Waals surface area contributed by atoms with E-state index in [2.05, 4.69) is 26.1 Å². The Kier molecular flexibility index (Phi) is 4.99. The van der Waals surface area contributed by atoms with Gasteiger partial charge in [0, 0.05) is 25.5 Å². The average Bonchev–Trinajstić information content (AvgIpc) is 2.76. The van der Waals surface area contributed by atoms with Crippen molar-refractivity contribution in [3.8, 4) is 0 Å². The van der Waals surface area contributed by atoms with Crippen LogP contribution in [0.2, 0.25) is 0 Å². The van der Waals surface area contributed by atoms with Crippen molar-refractivity contribution in [1.82, 2.24) is 5.32 Å². The molecule has 1 heterocycles. The first kappa shape index (κ1) is 16.8. The van der Waals surface area contributed by atoms with E-state index in [1.807, 2.05) is 6.92 Å². The van der Waals surface area contributed by atoms with Crippen LogP contribution in [-0.2, 0) is 9.53 Å². The molecule has 4 heteroatoms. The van der Waals surface area contributed by atoms with Gasteiger partial charge in [-0.3, -0.25) is 4.79 Å². The van der Waals surface area contributed by atoms with Crippen LogP contribution in [-0.4, -0.2) is 35.9 Å². The fraction of sp³-hybridized carbons (Fsp3) is 0.941. The standard InChI is InChI=1S/C17H31NO3/c1-12-17(20,9-10-21-12)11-18-15(19)13-5-7-14(8-6-13)16(2,3)4/h12-14,20H,5-11H2,1-4H3,(H,18,19). The van der Waals surface area contributed by atoms with Gasteiger partial charge < -0.3 is 15.2 Å². The second-order valence-electron chi connectivity index (χ2n) is 8.00. The Morgan fingerprint density at radius 3 is 2.38 bits per heavy atom. The van der Waals surface area contributed by atoms with E-state index in [4.69, 9.17) is 4.74 Å². The van der Waals surface area contributed by atoms with Gasteiger partial charge >= 0.3 is 0 Å². The largest absolute Gasteiger partial charge is 0.385 e. The van der Waals surface area contributed by atoms with E-state index in [9.17, 15) is 9.90 Å². The molecule has 2 N–H and O–H groups in total. The van der Waals surface area contributed by atoms with Gasteiger partial charge in [0.15, 0.2) is 0 Å². The number of rotatable bonds is 3. The van der Waals surface area contributed by atoms with Crippen LogP contribution < -0.4 is 5.32 Å². The van der Waals surface area contributed by atoms with Gasteiger partial charge in [0.25, 0.3) is 0 Å². The third-order valence-corrected chi connectivity index (χ3v) is 5.55. The van der Waals surface area contributed by atoms with Crippen LogP contribution in [0.15, 0.2) is 0 Å². The van der Waals surface area contributed by atoms with Gasteiger partial charge in [-0.05, 0) is 43.9 Å². The summed E-state index contributed by atoms with van der Waals surface area (Å²) in [7, 11) is 0.